The van der Waals surface area contributed by atoms with Gasteiger partial charge in [-0.25, -0.2) is 5.43 Å². The molecule has 0 saturated carbocycles. The average Bonchev–Trinajstić information content (AvgIpc) is 2.31. The van der Waals surface area contributed by atoms with Crippen molar-refractivity contribution in [1.82, 2.24) is 10.7 Å². The van der Waals surface area contributed by atoms with E-state index in [1.54, 1.807) is 6.92 Å². The van der Waals surface area contributed by atoms with Gasteiger partial charge in [-0.2, -0.15) is 5.10 Å². The van der Waals surface area contributed by atoms with E-state index in [0.29, 0.717) is 24.6 Å². The molecule has 0 fully saturated rings. The van der Waals surface area contributed by atoms with Crippen LogP contribution < -0.4 is 10.7 Å². The van der Waals surface area contributed by atoms with Crippen molar-refractivity contribution in [3.63, 3.8) is 0 Å². The van der Waals surface area contributed by atoms with Crippen LogP contribution in [0.1, 0.15) is 53.4 Å². The van der Waals surface area contributed by atoms with E-state index in [9.17, 15) is 9.59 Å². The smallest absolute Gasteiger partial charge is 0.240 e. The zero-order valence-corrected chi connectivity index (χ0v) is 11.9. The molecule has 0 rings (SSSR count). The predicted octanol–water partition coefficient (Wildman–Crippen LogP) is 1.83. The Kier molecular flexibility index (Phi) is 8.88. The third-order valence-electron chi connectivity index (χ3n) is 2.25. The number of carbonyl (C=O) groups is 2. The van der Waals surface area contributed by atoms with E-state index >= 15 is 0 Å². The van der Waals surface area contributed by atoms with Gasteiger partial charge in [-0.1, -0.05) is 27.2 Å². The van der Waals surface area contributed by atoms with Gasteiger partial charge in [-0.05, 0) is 19.3 Å². The van der Waals surface area contributed by atoms with Crippen LogP contribution in [0.25, 0.3) is 0 Å². The summed E-state index contributed by atoms with van der Waals surface area (Å²) in [5, 5.41) is 6.70. The molecule has 5 nitrogen and oxygen atoms in total. The van der Waals surface area contributed by atoms with E-state index < -0.39 is 0 Å². The first-order chi connectivity index (χ1) is 8.45. The van der Waals surface area contributed by atoms with Gasteiger partial charge in [-0.15, -0.1) is 0 Å². The van der Waals surface area contributed by atoms with Gasteiger partial charge in [0.05, 0.1) is 6.42 Å². The number of nitrogens with one attached hydrogen (secondary N) is 2. The highest BCUT2D eigenvalue weighted by atomic mass is 16.2. The zero-order chi connectivity index (χ0) is 14.0. The minimum atomic E-state index is -0.0983. The lowest BCUT2D eigenvalue weighted by Gasteiger charge is -2.07. The van der Waals surface area contributed by atoms with Crippen molar-refractivity contribution in [2.24, 2.45) is 11.0 Å². The zero-order valence-electron chi connectivity index (χ0n) is 11.9. The van der Waals surface area contributed by atoms with E-state index in [0.717, 1.165) is 12.8 Å². The number of rotatable bonds is 8. The van der Waals surface area contributed by atoms with E-state index in [1.807, 2.05) is 20.8 Å². The van der Waals surface area contributed by atoms with Crippen molar-refractivity contribution >= 4 is 17.5 Å². The normalized spacial score (nSPS) is 11.5. The van der Waals surface area contributed by atoms with Gasteiger partial charge in [-0.3, -0.25) is 9.59 Å². The summed E-state index contributed by atoms with van der Waals surface area (Å²) >= 11 is 0. The van der Waals surface area contributed by atoms with Gasteiger partial charge in [0.25, 0.3) is 0 Å². The summed E-state index contributed by atoms with van der Waals surface area (Å²) in [5.41, 5.74) is 3.07. The molecule has 0 aliphatic rings. The van der Waals surface area contributed by atoms with Crippen molar-refractivity contribution < 1.29 is 9.59 Å². The van der Waals surface area contributed by atoms with Crippen LogP contribution in [0.4, 0.5) is 0 Å². The lowest BCUT2D eigenvalue weighted by molar-refractivity contribution is -0.121. The van der Waals surface area contributed by atoms with Crippen molar-refractivity contribution in [3.8, 4) is 0 Å². The van der Waals surface area contributed by atoms with Crippen molar-refractivity contribution in [3.05, 3.63) is 0 Å². The standard InChI is InChI=1S/C13H25N3O2/c1-5-6-7-12(17)16-15-11(4)8-13(18)14-9-10(2)3/h10H,5-9H2,1-4H3,(H,14,18)(H,16,17)/b15-11+. The fraction of sp³-hybridized carbons (Fsp3) is 0.769. The van der Waals surface area contributed by atoms with Crippen LogP contribution in [-0.4, -0.2) is 24.1 Å². The van der Waals surface area contributed by atoms with Crippen molar-refractivity contribution in [1.29, 1.82) is 0 Å². The largest absolute Gasteiger partial charge is 0.356 e. The molecular weight excluding hydrogens is 230 g/mol. The fourth-order valence-corrected chi connectivity index (χ4v) is 1.20. The summed E-state index contributed by atoms with van der Waals surface area (Å²) < 4.78 is 0. The second-order valence-corrected chi connectivity index (χ2v) is 4.86. The van der Waals surface area contributed by atoms with Crippen molar-refractivity contribution in [2.75, 3.05) is 6.54 Å². The SMILES string of the molecule is CCCCC(=O)N/N=C(\C)CC(=O)NCC(C)C. The Morgan fingerprint density at radius 1 is 1.22 bits per heavy atom. The maximum atomic E-state index is 11.5. The molecular formula is C13H25N3O2. The van der Waals surface area contributed by atoms with Gasteiger partial charge in [0.1, 0.15) is 0 Å². The number of nitrogens with zero attached hydrogens (tertiary/aromatic N) is 1. The Morgan fingerprint density at radius 3 is 2.44 bits per heavy atom. The van der Waals surface area contributed by atoms with Crippen LogP contribution >= 0.6 is 0 Å². The molecule has 0 aliphatic carbocycles. The molecule has 0 spiro atoms. The average molecular weight is 255 g/mol. The quantitative estimate of drug-likeness (QED) is 0.513. The minimum absolute atomic E-state index is 0.0623. The Morgan fingerprint density at radius 2 is 1.89 bits per heavy atom. The molecule has 0 aliphatic heterocycles. The van der Waals surface area contributed by atoms with Crippen LogP contribution in [0.15, 0.2) is 5.10 Å². The number of amides is 2. The van der Waals surface area contributed by atoms with Crippen molar-refractivity contribution in [2.45, 2.75) is 53.4 Å². The summed E-state index contributed by atoms with van der Waals surface area (Å²) in [5.74, 6) is 0.270. The molecule has 5 heteroatoms. The fourth-order valence-electron chi connectivity index (χ4n) is 1.20. The molecule has 0 aromatic heterocycles. The summed E-state index contributed by atoms with van der Waals surface area (Å²) in [6, 6.07) is 0. The first-order valence-electron chi connectivity index (χ1n) is 6.54. The van der Waals surface area contributed by atoms with E-state index in [2.05, 4.69) is 15.8 Å². The molecule has 0 heterocycles. The molecule has 2 N–H and O–H groups in total. The summed E-state index contributed by atoms with van der Waals surface area (Å²) in [7, 11) is 0. The number of hydrazone groups is 1. The molecule has 0 atom stereocenters. The maximum absolute atomic E-state index is 11.5. The van der Waals surface area contributed by atoms with E-state index in [4.69, 9.17) is 0 Å². The Hall–Kier alpha value is -1.39. The molecule has 104 valence electrons. The molecule has 0 bridgehead atoms. The second kappa shape index (κ2) is 9.62. The van der Waals surface area contributed by atoms with Gasteiger partial charge in [0, 0.05) is 18.7 Å². The minimum Gasteiger partial charge on any atom is -0.356 e. The summed E-state index contributed by atoms with van der Waals surface area (Å²) in [6.07, 6.45) is 2.54. The highest BCUT2D eigenvalue weighted by Crippen LogP contribution is 1.94. The monoisotopic (exact) mass is 255 g/mol. The summed E-state index contributed by atoms with van der Waals surface area (Å²) in [4.78, 5) is 22.8. The van der Waals surface area contributed by atoms with Crippen LogP contribution in [0.5, 0.6) is 0 Å². The number of carbonyl (C=O) groups excluding carboxylic acids is 2. The lowest BCUT2D eigenvalue weighted by Crippen LogP contribution is -2.29. The molecule has 0 unspecified atom stereocenters. The summed E-state index contributed by atoms with van der Waals surface area (Å²) in [6.45, 7) is 8.50. The first-order valence-corrected chi connectivity index (χ1v) is 6.54. The highest BCUT2D eigenvalue weighted by molar-refractivity contribution is 6.00. The van der Waals surface area contributed by atoms with Gasteiger partial charge < -0.3 is 5.32 Å². The van der Waals surface area contributed by atoms with Crippen LogP contribution in [0, 0.1) is 5.92 Å². The molecule has 0 saturated heterocycles. The second-order valence-electron chi connectivity index (χ2n) is 4.86. The Labute approximate surface area is 109 Å². The van der Waals surface area contributed by atoms with Crippen LogP contribution in [0.2, 0.25) is 0 Å². The molecule has 18 heavy (non-hydrogen) atoms. The molecule has 2 amide bonds. The molecule has 0 aromatic carbocycles. The number of hydrogen-bond donors (Lipinski definition) is 2. The Balaban J connectivity index is 3.89. The lowest BCUT2D eigenvalue weighted by atomic mass is 10.2. The van der Waals surface area contributed by atoms with E-state index in [-0.39, 0.29) is 18.2 Å². The molecule has 0 radical (unpaired) electrons. The molecule has 0 aromatic rings. The Bertz CT molecular complexity index is 299. The predicted molar refractivity (Wildman–Crippen MR) is 73.2 cm³/mol. The number of hydrogen-bond acceptors (Lipinski definition) is 3. The third kappa shape index (κ3) is 9.81. The van der Waals surface area contributed by atoms with Gasteiger partial charge in [0.15, 0.2) is 0 Å². The maximum Gasteiger partial charge on any atom is 0.240 e. The van der Waals surface area contributed by atoms with E-state index in [1.165, 1.54) is 0 Å². The number of unbranched alkanes of at least 4 members (excludes halogenated alkanes) is 1. The van der Waals surface area contributed by atoms with Gasteiger partial charge in [0.2, 0.25) is 11.8 Å². The highest BCUT2D eigenvalue weighted by Gasteiger charge is 2.05. The van der Waals surface area contributed by atoms with Crippen LogP contribution in [-0.2, 0) is 9.59 Å². The first kappa shape index (κ1) is 16.6. The van der Waals surface area contributed by atoms with Crippen LogP contribution in [0.3, 0.4) is 0 Å². The van der Waals surface area contributed by atoms with Gasteiger partial charge >= 0.3 is 0 Å². The topological polar surface area (TPSA) is 70.6 Å². The third-order valence-corrected chi connectivity index (χ3v) is 2.25.